The summed E-state index contributed by atoms with van der Waals surface area (Å²) in [5.74, 6) is 0.0699. The van der Waals surface area contributed by atoms with Crippen LogP contribution in [0.2, 0.25) is 5.02 Å². The van der Waals surface area contributed by atoms with Crippen molar-refractivity contribution in [1.82, 2.24) is 4.57 Å². The van der Waals surface area contributed by atoms with E-state index in [-0.39, 0.29) is 5.75 Å². The molecule has 0 fully saturated rings. The molecule has 3 nitrogen and oxygen atoms in total. The van der Waals surface area contributed by atoms with Gasteiger partial charge in [-0.2, -0.15) is 0 Å². The number of halogens is 2. The lowest BCUT2D eigenvalue weighted by Gasteiger charge is -2.09. The second-order valence-corrected chi connectivity index (χ2v) is 6.88. The molecule has 1 N–H and O–H groups in total. The van der Waals surface area contributed by atoms with Crippen molar-refractivity contribution in [3.63, 3.8) is 0 Å². The van der Waals surface area contributed by atoms with Crippen LogP contribution >= 0.6 is 27.5 Å². The van der Waals surface area contributed by atoms with Gasteiger partial charge in [-0.1, -0.05) is 27.5 Å². The van der Waals surface area contributed by atoms with E-state index < -0.39 is 0 Å². The minimum atomic E-state index is 0.0699. The smallest absolute Gasteiger partial charge is 0.142 e. The van der Waals surface area contributed by atoms with Gasteiger partial charge in [0.15, 0.2) is 0 Å². The summed E-state index contributed by atoms with van der Waals surface area (Å²) in [6.45, 7) is 4.12. The van der Waals surface area contributed by atoms with Gasteiger partial charge in [-0.15, -0.1) is 0 Å². The Morgan fingerprint density at radius 1 is 1.08 bits per heavy atom. The number of aromatic nitrogens is 1. The quantitative estimate of drug-likeness (QED) is 0.538. The van der Waals surface area contributed by atoms with Crippen LogP contribution in [0.25, 0.3) is 5.69 Å². The molecule has 24 heavy (non-hydrogen) atoms. The van der Waals surface area contributed by atoms with Crippen molar-refractivity contribution in [2.45, 2.75) is 13.8 Å². The number of phenols is 1. The normalized spacial score (nSPS) is 11.3. The van der Waals surface area contributed by atoms with Gasteiger partial charge in [-0.25, -0.2) is 0 Å². The highest BCUT2D eigenvalue weighted by Gasteiger charge is 2.09. The van der Waals surface area contributed by atoms with Crippen LogP contribution in [0.15, 0.2) is 58.0 Å². The predicted octanol–water partition coefficient (Wildman–Crippen LogP) is 5.97. The van der Waals surface area contributed by atoms with Crippen molar-refractivity contribution in [1.29, 1.82) is 0 Å². The average Bonchev–Trinajstić information content (AvgIpc) is 2.82. The van der Waals surface area contributed by atoms with Gasteiger partial charge in [0.1, 0.15) is 11.4 Å². The standard InChI is InChI=1S/C19H16BrClN2O/c1-12-9-14(11-22-18-8-5-16(21)10-19(18)24)13(2)23(12)17-6-3-15(20)4-7-17/h3-11,24H,1-2H3. The Labute approximate surface area is 154 Å². The molecule has 0 unspecified atom stereocenters. The van der Waals surface area contributed by atoms with E-state index in [2.05, 4.69) is 57.5 Å². The molecule has 1 aromatic heterocycles. The van der Waals surface area contributed by atoms with Crippen LogP contribution in [0.4, 0.5) is 5.69 Å². The van der Waals surface area contributed by atoms with Gasteiger partial charge in [0, 0.05) is 44.4 Å². The highest BCUT2D eigenvalue weighted by Crippen LogP contribution is 2.29. The number of nitrogens with zero attached hydrogens (tertiary/aromatic N) is 2. The zero-order valence-corrected chi connectivity index (χ0v) is 15.6. The van der Waals surface area contributed by atoms with Crippen molar-refractivity contribution in [2.24, 2.45) is 4.99 Å². The van der Waals surface area contributed by atoms with Gasteiger partial charge in [0.2, 0.25) is 0 Å². The Balaban J connectivity index is 1.97. The number of hydrogen-bond acceptors (Lipinski definition) is 2. The summed E-state index contributed by atoms with van der Waals surface area (Å²) in [5, 5.41) is 10.4. The highest BCUT2D eigenvalue weighted by atomic mass is 79.9. The molecule has 0 amide bonds. The Hall–Kier alpha value is -2.04. The number of aryl methyl sites for hydroxylation is 1. The molecule has 1 heterocycles. The third-order valence-electron chi connectivity index (χ3n) is 3.84. The first kappa shape index (κ1) is 16.8. The zero-order valence-electron chi connectivity index (χ0n) is 13.3. The molecule has 0 bridgehead atoms. The number of hydrogen-bond donors (Lipinski definition) is 1. The molecule has 0 saturated carbocycles. The van der Waals surface area contributed by atoms with E-state index in [1.807, 2.05) is 12.1 Å². The first-order chi connectivity index (χ1) is 11.5. The van der Waals surface area contributed by atoms with Crippen molar-refractivity contribution in [2.75, 3.05) is 0 Å². The van der Waals surface area contributed by atoms with E-state index in [9.17, 15) is 5.11 Å². The molecule has 0 radical (unpaired) electrons. The molecule has 0 spiro atoms. The van der Waals surface area contributed by atoms with Gasteiger partial charge in [0.25, 0.3) is 0 Å². The molecular weight excluding hydrogens is 388 g/mol. The summed E-state index contributed by atoms with van der Waals surface area (Å²) in [5.41, 5.74) is 4.81. The second kappa shape index (κ2) is 6.83. The summed E-state index contributed by atoms with van der Waals surface area (Å²) in [7, 11) is 0. The number of rotatable bonds is 3. The number of aliphatic imine (C=N–C) groups is 1. The van der Waals surface area contributed by atoms with Gasteiger partial charge in [-0.05, 0) is 56.3 Å². The lowest BCUT2D eigenvalue weighted by Crippen LogP contribution is -1.99. The van der Waals surface area contributed by atoms with E-state index in [0.717, 1.165) is 27.1 Å². The number of aromatic hydroxyl groups is 1. The maximum atomic E-state index is 9.89. The highest BCUT2D eigenvalue weighted by molar-refractivity contribution is 9.10. The Bertz CT molecular complexity index is 914. The fraction of sp³-hybridized carbons (Fsp3) is 0.105. The first-order valence-electron chi connectivity index (χ1n) is 7.43. The van der Waals surface area contributed by atoms with E-state index >= 15 is 0 Å². The molecule has 0 saturated heterocycles. The fourth-order valence-corrected chi connectivity index (χ4v) is 3.08. The molecule has 0 aliphatic carbocycles. The molecule has 0 aliphatic heterocycles. The SMILES string of the molecule is Cc1cc(C=Nc2ccc(Cl)cc2O)c(C)n1-c1ccc(Br)cc1. The Morgan fingerprint density at radius 2 is 1.79 bits per heavy atom. The van der Waals surface area contributed by atoms with Gasteiger partial charge in [0.05, 0.1) is 0 Å². The summed E-state index contributed by atoms with van der Waals surface area (Å²) in [6, 6.07) is 15.1. The molecule has 5 heteroatoms. The fourth-order valence-electron chi connectivity index (χ4n) is 2.65. The summed E-state index contributed by atoms with van der Waals surface area (Å²) in [4.78, 5) is 4.39. The Kier molecular flexibility index (Phi) is 4.78. The number of phenolic OH excluding ortho intramolecular Hbond substituents is 1. The lowest BCUT2D eigenvalue weighted by atomic mass is 10.2. The maximum absolute atomic E-state index is 9.89. The van der Waals surface area contributed by atoms with Crippen molar-refractivity contribution >= 4 is 39.4 Å². The van der Waals surface area contributed by atoms with E-state index in [1.165, 1.54) is 6.07 Å². The van der Waals surface area contributed by atoms with Crippen LogP contribution in [-0.2, 0) is 0 Å². The summed E-state index contributed by atoms with van der Waals surface area (Å²) >= 11 is 9.30. The van der Waals surface area contributed by atoms with Crippen molar-refractivity contribution < 1.29 is 5.11 Å². The maximum Gasteiger partial charge on any atom is 0.142 e. The number of benzene rings is 2. The molecule has 3 rings (SSSR count). The van der Waals surface area contributed by atoms with E-state index in [0.29, 0.717) is 10.7 Å². The Morgan fingerprint density at radius 3 is 2.46 bits per heavy atom. The monoisotopic (exact) mass is 402 g/mol. The third-order valence-corrected chi connectivity index (χ3v) is 4.60. The predicted molar refractivity (Wildman–Crippen MR) is 103 cm³/mol. The molecule has 122 valence electrons. The van der Waals surface area contributed by atoms with E-state index in [4.69, 9.17) is 11.6 Å². The first-order valence-corrected chi connectivity index (χ1v) is 8.60. The second-order valence-electron chi connectivity index (χ2n) is 5.53. The van der Waals surface area contributed by atoms with Crippen molar-refractivity contribution in [3.05, 3.63) is 75.0 Å². The molecule has 2 aromatic carbocycles. The van der Waals surface area contributed by atoms with Gasteiger partial charge >= 0.3 is 0 Å². The van der Waals surface area contributed by atoms with E-state index in [1.54, 1.807) is 18.3 Å². The van der Waals surface area contributed by atoms with Crippen LogP contribution < -0.4 is 0 Å². The van der Waals surface area contributed by atoms with Crippen molar-refractivity contribution in [3.8, 4) is 11.4 Å². The van der Waals surface area contributed by atoms with Crippen LogP contribution in [0.3, 0.4) is 0 Å². The largest absolute Gasteiger partial charge is 0.506 e. The summed E-state index contributed by atoms with van der Waals surface area (Å²) < 4.78 is 3.23. The molecule has 0 atom stereocenters. The molecule has 0 aliphatic rings. The zero-order chi connectivity index (χ0) is 17.3. The third kappa shape index (κ3) is 3.40. The molecule has 3 aromatic rings. The molecular formula is C19H16BrClN2O. The van der Waals surface area contributed by atoms with Gasteiger partial charge in [-0.3, -0.25) is 4.99 Å². The minimum Gasteiger partial charge on any atom is -0.506 e. The van der Waals surface area contributed by atoms with Crippen LogP contribution in [0, 0.1) is 13.8 Å². The lowest BCUT2D eigenvalue weighted by molar-refractivity contribution is 0.477. The topological polar surface area (TPSA) is 37.5 Å². The minimum absolute atomic E-state index is 0.0699. The van der Waals surface area contributed by atoms with Crippen LogP contribution in [0.5, 0.6) is 5.75 Å². The van der Waals surface area contributed by atoms with Crippen LogP contribution in [-0.4, -0.2) is 15.9 Å². The average molecular weight is 404 g/mol. The van der Waals surface area contributed by atoms with Gasteiger partial charge < -0.3 is 9.67 Å². The van der Waals surface area contributed by atoms with Crippen LogP contribution in [0.1, 0.15) is 17.0 Å². The summed E-state index contributed by atoms with van der Waals surface area (Å²) in [6.07, 6.45) is 1.76.